The molecule has 4 nitrogen and oxygen atoms in total. The Bertz CT molecular complexity index is 363. The summed E-state index contributed by atoms with van der Waals surface area (Å²) in [6.45, 7) is 3.59. The molecule has 4 heteroatoms. The van der Waals surface area contributed by atoms with Crippen LogP contribution >= 0.6 is 0 Å². The van der Waals surface area contributed by atoms with Crippen LogP contribution in [0.5, 0.6) is 5.75 Å². The monoisotopic (exact) mass is 223 g/mol. The van der Waals surface area contributed by atoms with Crippen LogP contribution in [0.15, 0.2) is 24.3 Å². The molecule has 88 valence electrons. The number of carbonyl (C=O) groups excluding carboxylic acids is 1. The smallest absolute Gasteiger partial charge is 0.223 e. The van der Waals surface area contributed by atoms with Crippen molar-refractivity contribution in [1.29, 1.82) is 0 Å². The molecular formula is C12H17NO3. The predicted octanol–water partition coefficient (Wildman–Crippen LogP) is 1.24. The number of aliphatic hydroxyl groups is 1. The molecule has 0 fully saturated rings. The van der Waals surface area contributed by atoms with Crippen molar-refractivity contribution in [1.82, 2.24) is 0 Å². The number of amides is 1. The molecule has 2 atom stereocenters. The summed E-state index contributed by atoms with van der Waals surface area (Å²) < 4.78 is 5.46. The fourth-order valence-corrected chi connectivity index (χ4v) is 1.25. The Kier molecular flexibility index (Phi) is 4.31. The summed E-state index contributed by atoms with van der Waals surface area (Å²) in [6.07, 6.45) is -0.597. The number of hydrogen-bond donors (Lipinski definition) is 2. The third-order valence-electron chi connectivity index (χ3n) is 2.34. The van der Waals surface area contributed by atoms with Crippen molar-refractivity contribution < 1.29 is 14.6 Å². The second-order valence-electron chi connectivity index (χ2n) is 3.83. The first-order valence-electron chi connectivity index (χ1n) is 5.21. The van der Waals surface area contributed by atoms with E-state index in [1.807, 2.05) is 12.1 Å². The van der Waals surface area contributed by atoms with Crippen molar-refractivity contribution in [2.45, 2.75) is 20.0 Å². The van der Waals surface area contributed by atoms with E-state index in [1.54, 1.807) is 26.0 Å². The summed E-state index contributed by atoms with van der Waals surface area (Å²) in [7, 11) is 0. The van der Waals surface area contributed by atoms with E-state index in [1.165, 1.54) is 0 Å². The molecule has 0 aliphatic carbocycles. The molecular weight excluding hydrogens is 206 g/mol. The highest BCUT2D eigenvalue weighted by molar-refractivity contribution is 5.76. The molecule has 0 aliphatic heterocycles. The van der Waals surface area contributed by atoms with E-state index in [2.05, 4.69) is 0 Å². The SMILES string of the molecule is CC(COc1ccccc1[C@@H](C)O)C(N)=O. The van der Waals surface area contributed by atoms with Gasteiger partial charge in [-0.3, -0.25) is 4.79 Å². The molecule has 0 bridgehead atoms. The average molecular weight is 223 g/mol. The Morgan fingerprint density at radius 3 is 2.62 bits per heavy atom. The highest BCUT2D eigenvalue weighted by Crippen LogP contribution is 2.24. The molecule has 0 radical (unpaired) electrons. The summed E-state index contributed by atoms with van der Waals surface area (Å²) >= 11 is 0. The number of primary amides is 1. The van der Waals surface area contributed by atoms with Crippen molar-refractivity contribution in [3.8, 4) is 5.75 Å². The van der Waals surface area contributed by atoms with Crippen LogP contribution in [0.2, 0.25) is 0 Å². The van der Waals surface area contributed by atoms with Crippen LogP contribution in [0.4, 0.5) is 0 Å². The predicted molar refractivity (Wildman–Crippen MR) is 60.9 cm³/mol. The molecule has 0 aliphatic rings. The second kappa shape index (κ2) is 5.51. The van der Waals surface area contributed by atoms with Gasteiger partial charge in [-0.1, -0.05) is 25.1 Å². The van der Waals surface area contributed by atoms with E-state index >= 15 is 0 Å². The average Bonchev–Trinajstić information content (AvgIpc) is 2.25. The summed E-state index contributed by atoms with van der Waals surface area (Å²) in [5.74, 6) is -0.151. The van der Waals surface area contributed by atoms with Gasteiger partial charge in [0.25, 0.3) is 0 Å². The van der Waals surface area contributed by atoms with Gasteiger partial charge in [-0.15, -0.1) is 0 Å². The Balaban J connectivity index is 2.70. The Hall–Kier alpha value is -1.55. The molecule has 0 spiro atoms. The highest BCUT2D eigenvalue weighted by atomic mass is 16.5. The lowest BCUT2D eigenvalue weighted by atomic mass is 10.1. The molecule has 16 heavy (non-hydrogen) atoms. The molecule has 0 heterocycles. The van der Waals surface area contributed by atoms with Crippen LogP contribution < -0.4 is 10.5 Å². The van der Waals surface area contributed by atoms with Crippen LogP contribution in [0.25, 0.3) is 0 Å². The van der Waals surface area contributed by atoms with Crippen LogP contribution in [0.1, 0.15) is 25.5 Å². The van der Waals surface area contributed by atoms with Crippen molar-refractivity contribution in [2.75, 3.05) is 6.61 Å². The zero-order valence-corrected chi connectivity index (χ0v) is 9.51. The van der Waals surface area contributed by atoms with E-state index in [4.69, 9.17) is 10.5 Å². The third kappa shape index (κ3) is 3.24. The third-order valence-corrected chi connectivity index (χ3v) is 2.34. The van der Waals surface area contributed by atoms with Gasteiger partial charge in [-0.2, -0.15) is 0 Å². The maximum Gasteiger partial charge on any atom is 0.223 e. The second-order valence-corrected chi connectivity index (χ2v) is 3.83. The van der Waals surface area contributed by atoms with Crippen LogP contribution in [-0.2, 0) is 4.79 Å². The maximum absolute atomic E-state index is 10.8. The van der Waals surface area contributed by atoms with Gasteiger partial charge in [-0.05, 0) is 13.0 Å². The molecule has 3 N–H and O–H groups in total. The zero-order chi connectivity index (χ0) is 12.1. The summed E-state index contributed by atoms with van der Waals surface area (Å²) in [4.78, 5) is 10.8. The number of hydrogen-bond acceptors (Lipinski definition) is 3. The molecule has 1 rings (SSSR count). The number of ether oxygens (including phenoxy) is 1. The normalized spacial score (nSPS) is 14.2. The lowest BCUT2D eigenvalue weighted by Crippen LogP contribution is -2.26. The van der Waals surface area contributed by atoms with Crippen molar-refractivity contribution in [3.63, 3.8) is 0 Å². The fourth-order valence-electron chi connectivity index (χ4n) is 1.25. The summed E-state index contributed by atoms with van der Waals surface area (Å²) in [6, 6.07) is 7.19. The largest absolute Gasteiger partial charge is 0.492 e. The molecule has 1 aromatic carbocycles. The Morgan fingerprint density at radius 1 is 1.44 bits per heavy atom. The lowest BCUT2D eigenvalue weighted by Gasteiger charge is -2.14. The van der Waals surface area contributed by atoms with Gasteiger partial charge in [0.05, 0.1) is 18.6 Å². The molecule has 1 amide bonds. The van der Waals surface area contributed by atoms with Crippen molar-refractivity contribution in [3.05, 3.63) is 29.8 Å². The molecule has 1 aromatic rings. The number of nitrogens with two attached hydrogens (primary N) is 1. The standard InChI is InChI=1S/C12H17NO3/c1-8(12(13)15)7-16-11-6-4-3-5-10(11)9(2)14/h3-6,8-9,14H,7H2,1-2H3,(H2,13,15)/t8?,9-/m1/s1. The van der Waals surface area contributed by atoms with Gasteiger partial charge < -0.3 is 15.6 Å². The van der Waals surface area contributed by atoms with Gasteiger partial charge in [0.1, 0.15) is 5.75 Å². The minimum atomic E-state index is -0.597. The molecule has 0 aromatic heterocycles. The topological polar surface area (TPSA) is 72.6 Å². The molecule has 1 unspecified atom stereocenters. The van der Waals surface area contributed by atoms with Gasteiger partial charge in [0.2, 0.25) is 5.91 Å². The van der Waals surface area contributed by atoms with E-state index in [9.17, 15) is 9.90 Å². The van der Waals surface area contributed by atoms with E-state index < -0.39 is 12.0 Å². The van der Waals surface area contributed by atoms with Crippen LogP contribution in [0, 0.1) is 5.92 Å². The van der Waals surface area contributed by atoms with Gasteiger partial charge in [-0.25, -0.2) is 0 Å². The first-order chi connectivity index (χ1) is 7.52. The maximum atomic E-state index is 10.8. The van der Waals surface area contributed by atoms with Gasteiger partial charge in [0.15, 0.2) is 0 Å². The Morgan fingerprint density at radius 2 is 2.06 bits per heavy atom. The number of para-hydroxylation sites is 1. The minimum absolute atomic E-state index is 0.221. The van der Waals surface area contributed by atoms with E-state index in [0.717, 1.165) is 0 Å². The first kappa shape index (κ1) is 12.5. The number of carbonyl (C=O) groups is 1. The van der Waals surface area contributed by atoms with Crippen LogP contribution in [0.3, 0.4) is 0 Å². The van der Waals surface area contributed by atoms with Crippen molar-refractivity contribution in [2.24, 2.45) is 11.7 Å². The molecule has 0 saturated heterocycles. The summed E-state index contributed by atoms with van der Waals surface area (Å²) in [5, 5.41) is 9.51. The number of aliphatic hydroxyl groups excluding tert-OH is 1. The van der Waals surface area contributed by atoms with Crippen molar-refractivity contribution >= 4 is 5.91 Å². The van der Waals surface area contributed by atoms with Gasteiger partial charge >= 0.3 is 0 Å². The highest BCUT2D eigenvalue weighted by Gasteiger charge is 2.12. The van der Waals surface area contributed by atoms with E-state index in [-0.39, 0.29) is 12.5 Å². The molecule has 0 saturated carbocycles. The quantitative estimate of drug-likeness (QED) is 0.788. The number of benzene rings is 1. The summed E-state index contributed by atoms with van der Waals surface area (Å²) in [5.41, 5.74) is 5.84. The van der Waals surface area contributed by atoms with E-state index in [0.29, 0.717) is 11.3 Å². The lowest BCUT2D eigenvalue weighted by molar-refractivity contribution is -0.122. The van der Waals surface area contributed by atoms with Gasteiger partial charge in [0, 0.05) is 5.56 Å². The van der Waals surface area contributed by atoms with Crippen LogP contribution in [-0.4, -0.2) is 17.6 Å². The fraction of sp³-hybridized carbons (Fsp3) is 0.417. The first-order valence-corrected chi connectivity index (χ1v) is 5.21. The minimum Gasteiger partial charge on any atom is -0.492 e. The Labute approximate surface area is 95.0 Å². The zero-order valence-electron chi connectivity index (χ0n) is 9.51. The number of rotatable bonds is 5.